The second kappa shape index (κ2) is 6.71. The fraction of sp³-hybridized carbons (Fsp3) is 0.333. The standard InChI is InChI=1S/C12H15ClN2O4S/c1-14-11(16)5-6-15-12(17)8-3-4-9(13)10(7-8)20(2,18)19/h3-4,7H,5-6H2,1-2H3,(H,14,16)(H,15,17). The Bertz CT molecular complexity index is 628. The largest absolute Gasteiger partial charge is 0.359 e. The summed E-state index contributed by atoms with van der Waals surface area (Å²) in [6.07, 6.45) is 1.16. The smallest absolute Gasteiger partial charge is 0.251 e. The van der Waals surface area contributed by atoms with E-state index in [4.69, 9.17) is 11.6 Å². The highest BCUT2D eigenvalue weighted by Gasteiger charge is 2.15. The fourth-order valence-electron chi connectivity index (χ4n) is 1.45. The van der Waals surface area contributed by atoms with Gasteiger partial charge in [0.25, 0.3) is 5.91 Å². The molecule has 1 aromatic carbocycles. The highest BCUT2D eigenvalue weighted by Crippen LogP contribution is 2.22. The van der Waals surface area contributed by atoms with E-state index in [-0.39, 0.29) is 34.4 Å². The van der Waals surface area contributed by atoms with Gasteiger partial charge in [-0.3, -0.25) is 9.59 Å². The van der Waals surface area contributed by atoms with Crippen molar-refractivity contribution in [1.82, 2.24) is 10.6 Å². The molecular formula is C12H15ClN2O4S. The van der Waals surface area contributed by atoms with Gasteiger partial charge in [0.2, 0.25) is 5.91 Å². The maximum atomic E-state index is 11.8. The molecule has 0 saturated carbocycles. The Kier molecular flexibility index (Phi) is 5.52. The molecule has 6 nitrogen and oxygen atoms in total. The molecule has 0 aromatic heterocycles. The predicted molar refractivity (Wildman–Crippen MR) is 75.6 cm³/mol. The van der Waals surface area contributed by atoms with Gasteiger partial charge in [-0.25, -0.2) is 8.42 Å². The summed E-state index contributed by atoms with van der Waals surface area (Å²) >= 11 is 5.79. The average Bonchev–Trinajstić information content (AvgIpc) is 2.37. The molecule has 0 aliphatic heterocycles. The first-order chi connectivity index (χ1) is 9.25. The quantitative estimate of drug-likeness (QED) is 0.832. The van der Waals surface area contributed by atoms with E-state index in [1.165, 1.54) is 25.2 Å². The van der Waals surface area contributed by atoms with E-state index in [2.05, 4.69) is 10.6 Å². The number of amides is 2. The molecule has 2 amide bonds. The van der Waals surface area contributed by atoms with E-state index in [0.717, 1.165) is 6.26 Å². The molecular weight excluding hydrogens is 304 g/mol. The molecule has 2 N–H and O–H groups in total. The lowest BCUT2D eigenvalue weighted by molar-refractivity contribution is -0.120. The first kappa shape index (κ1) is 16.5. The van der Waals surface area contributed by atoms with E-state index >= 15 is 0 Å². The van der Waals surface area contributed by atoms with Crippen LogP contribution >= 0.6 is 11.6 Å². The SMILES string of the molecule is CNC(=O)CCNC(=O)c1ccc(Cl)c(S(C)(=O)=O)c1. The van der Waals surface area contributed by atoms with Crippen molar-refractivity contribution >= 4 is 33.3 Å². The first-order valence-electron chi connectivity index (χ1n) is 5.74. The lowest BCUT2D eigenvalue weighted by Gasteiger charge is -2.07. The summed E-state index contributed by atoms with van der Waals surface area (Å²) in [5.41, 5.74) is 0.173. The Morgan fingerprint density at radius 2 is 1.95 bits per heavy atom. The van der Waals surface area contributed by atoms with Gasteiger partial charge in [-0.05, 0) is 18.2 Å². The molecule has 0 aliphatic carbocycles. The zero-order valence-corrected chi connectivity index (χ0v) is 12.6. The second-order valence-corrected chi connectivity index (χ2v) is 6.49. The van der Waals surface area contributed by atoms with Crippen LogP contribution in [0, 0.1) is 0 Å². The predicted octanol–water partition coefficient (Wildman–Crippen LogP) is 0.609. The van der Waals surface area contributed by atoms with Crippen LogP contribution in [-0.4, -0.2) is 40.1 Å². The third-order valence-corrected chi connectivity index (χ3v) is 4.09. The maximum Gasteiger partial charge on any atom is 0.251 e. The molecule has 8 heteroatoms. The van der Waals surface area contributed by atoms with Crippen molar-refractivity contribution in [3.8, 4) is 0 Å². The Morgan fingerprint density at radius 3 is 2.50 bits per heavy atom. The Morgan fingerprint density at radius 1 is 1.30 bits per heavy atom. The summed E-state index contributed by atoms with van der Waals surface area (Å²) in [4.78, 5) is 22.7. The molecule has 0 fully saturated rings. The van der Waals surface area contributed by atoms with Crippen molar-refractivity contribution < 1.29 is 18.0 Å². The van der Waals surface area contributed by atoms with Gasteiger partial charge in [-0.15, -0.1) is 0 Å². The summed E-state index contributed by atoms with van der Waals surface area (Å²) in [7, 11) is -2.00. The van der Waals surface area contributed by atoms with Gasteiger partial charge in [0.1, 0.15) is 0 Å². The van der Waals surface area contributed by atoms with Crippen LogP contribution in [0.3, 0.4) is 0 Å². The van der Waals surface area contributed by atoms with Gasteiger partial charge in [-0.1, -0.05) is 11.6 Å². The Balaban J connectivity index is 2.82. The second-order valence-electron chi connectivity index (χ2n) is 4.10. The number of sulfone groups is 1. The highest BCUT2D eigenvalue weighted by molar-refractivity contribution is 7.90. The molecule has 0 spiro atoms. The molecule has 0 radical (unpaired) electrons. The van der Waals surface area contributed by atoms with Crippen LogP contribution < -0.4 is 10.6 Å². The summed E-state index contributed by atoms with van der Waals surface area (Å²) in [6.45, 7) is 0.162. The van der Waals surface area contributed by atoms with Crippen LogP contribution in [0.5, 0.6) is 0 Å². The Hall–Kier alpha value is -1.60. The van der Waals surface area contributed by atoms with E-state index in [1.54, 1.807) is 0 Å². The lowest BCUT2D eigenvalue weighted by Crippen LogP contribution is -2.29. The van der Waals surface area contributed by atoms with Crippen LogP contribution in [-0.2, 0) is 14.6 Å². The van der Waals surface area contributed by atoms with Crippen molar-refractivity contribution in [3.63, 3.8) is 0 Å². The molecule has 0 saturated heterocycles. The van der Waals surface area contributed by atoms with Crippen molar-refractivity contribution in [2.75, 3.05) is 19.8 Å². The van der Waals surface area contributed by atoms with E-state index in [9.17, 15) is 18.0 Å². The monoisotopic (exact) mass is 318 g/mol. The number of nitrogens with one attached hydrogen (secondary N) is 2. The third-order valence-electron chi connectivity index (χ3n) is 2.51. The van der Waals surface area contributed by atoms with Crippen LogP contribution in [0.2, 0.25) is 5.02 Å². The number of halogens is 1. The van der Waals surface area contributed by atoms with E-state index in [1.807, 2.05) is 0 Å². The van der Waals surface area contributed by atoms with E-state index < -0.39 is 15.7 Å². The number of benzene rings is 1. The summed E-state index contributed by atoms with van der Waals surface area (Å²) in [5.74, 6) is -0.659. The van der Waals surface area contributed by atoms with Gasteiger partial charge < -0.3 is 10.6 Å². The molecule has 20 heavy (non-hydrogen) atoms. The normalized spacial score (nSPS) is 10.9. The molecule has 0 bridgehead atoms. The fourth-order valence-corrected chi connectivity index (χ4v) is 2.75. The van der Waals surface area contributed by atoms with E-state index in [0.29, 0.717) is 0 Å². The van der Waals surface area contributed by atoms with Gasteiger partial charge in [0.05, 0.1) is 9.92 Å². The minimum Gasteiger partial charge on any atom is -0.359 e. The minimum absolute atomic E-state index is 0.0643. The molecule has 110 valence electrons. The number of hydrogen-bond donors (Lipinski definition) is 2. The zero-order valence-electron chi connectivity index (χ0n) is 11.1. The molecule has 0 heterocycles. The van der Waals surface area contributed by atoms with Gasteiger partial charge >= 0.3 is 0 Å². The molecule has 0 atom stereocenters. The number of carbonyl (C=O) groups excluding carboxylic acids is 2. The molecule has 0 aliphatic rings. The van der Waals surface area contributed by atoms with Crippen LogP contribution in [0.15, 0.2) is 23.1 Å². The summed E-state index contributed by atoms with van der Waals surface area (Å²) in [5, 5.41) is 5.02. The summed E-state index contributed by atoms with van der Waals surface area (Å²) < 4.78 is 23.0. The molecule has 1 rings (SSSR count). The topological polar surface area (TPSA) is 92.3 Å². The maximum absolute atomic E-state index is 11.8. The minimum atomic E-state index is -3.50. The third kappa shape index (κ3) is 4.50. The highest BCUT2D eigenvalue weighted by atomic mass is 35.5. The van der Waals surface area contributed by atoms with Gasteiger partial charge in [0.15, 0.2) is 9.84 Å². The van der Waals surface area contributed by atoms with Crippen molar-refractivity contribution in [1.29, 1.82) is 0 Å². The number of carbonyl (C=O) groups is 2. The molecule has 1 aromatic rings. The van der Waals surface area contributed by atoms with Crippen molar-refractivity contribution in [2.45, 2.75) is 11.3 Å². The number of hydrogen-bond acceptors (Lipinski definition) is 4. The van der Waals surface area contributed by atoms with Crippen LogP contribution in [0.25, 0.3) is 0 Å². The van der Waals surface area contributed by atoms with Gasteiger partial charge in [0, 0.05) is 31.8 Å². The lowest BCUT2D eigenvalue weighted by atomic mass is 10.2. The van der Waals surface area contributed by atoms with Gasteiger partial charge in [-0.2, -0.15) is 0 Å². The Labute approximate surface area is 122 Å². The van der Waals surface area contributed by atoms with Crippen molar-refractivity contribution in [2.24, 2.45) is 0 Å². The van der Waals surface area contributed by atoms with Crippen LogP contribution in [0.4, 0.5) is 0 Å². The average molecular weight is 319 g/mol. The zero-order chi connectivity index (χ0) is 15.3. The number of rotatable bonds is 5. The molecule has 0 unspecified atom stereocenters. The van der Waals surface area contributed by atoms with Crippen molar-refractivity contribution in [3.05, 3.63) is 28.8 Å². The first-order valence-corrected chi connectivity index (χ1v) is 8.01. The summed E-state index contributed by atoms with van der Waals surface area (Å²) in [6, 6.07) is 3.99. The van der Waals surface area contributed by atoms with Crippen LogP contribution in [0.1, 0.15) is 16.8 Å².